The molecule has 4 rings (SSSR count). The number of hydrazine groups is 1. The Labute approximate surface area is 142 Å². The molecule has 1 aromatic carbocycles. The van der Waals surface area contributed by atoms with Gasteiger partial charge in [0.15, 0.2) is 11.5 Å². The van der Waals surface area contributed by atoms with Crippen molar-refractivity contribution in [1.82, 2.24) is 16.2 Å². The van der Waals surface area contributed by atoms with Gasteiger partial charge in [-0.25, -0.2) is 5.43 Å². The minimum Gasteiger partial charge on any atom is -0.454 e. The Morgan fingerprint density at radius 2 is 2.09 bits per heavy atom. The Morgan fingerprint density at radius 3 is 2.96 bits per heavy atom. The van der Waals surface area contributed by atoms with Gasteiger partial charge >= 0.3 is 0 Å². The molecule has 3 aliphatic heterocycles. The maximum atomic E-state index is 5.48. The summed E-state index contributed by atoms with van der Waals surface area (Å²) < 4.78 is 16.3. The Bertz CT molecular complexity index is 525. The summed E-state index contributed by atoms with van der Waals surface area (Å²) in [6, 6.07) is 6.50. The number of benzene rings is 1. The van der Waals surface area contributed by atoms with E-state index >= 15 is 0 Å². The molecule has 6 nitrogen and oxygen atoms in total. The van der Waals surface area contributed by atoms with Crippen molar-refractivity contribution in [3.63, 3.8) is 0 Å². The monoisotopic (exact) mass is 341 g/mol. The van der Waals surface area contributed by atoms with Gasteiger partial charge in [0.25, 0.3) is 0 Å². The second-order valence-corrected chi connectivity index (χ2v) is 6.26. The fourth-order valence-electron chi connectivity index (χ4n) is 3.40. The molecule has 0 spiro atoms. The van der Waals surface area contributed by atoms with E-state index in [0.717, 1.165) is 44.3 Å². The molecule has 0 bridgehead atoms. The minimum atomic E-state index is 0. The third-order valence-electron chi connectivity index (χ3n) is 4.71. The van der Waals surface area contributed by atoms with Crippen LogP contribution in [0.1, 0.15) is 18.0 Å². The fraction of sp³-hybridized carbons (Fsp3) is 0.625. The SMILES string of the molecule is Cl.c1cc2c(cc1C1NNCC1CNCC1CCOC1)OCO2. The van der Waals surface area contributed by atoms with Gasteiger partial charge < -0.3 is 19.5 Å². The second kappa shape index (κ2) is 7.68. The fourth-order valence-corrected chi connectivity index (χ4v) is 3.40. The third-order valence-corrected chi connectivity index (χ3v) is 4.71. The average Bonchev–Trinajstić information content (AvgIpc) is 3.28. The molecule has 23 heavy (non-hydrogen) atoms. The molecule has 0 amide bonds. The summed E-state index contributed by atoms with van der Waals surface area (Å²) in [5.41, 5.74) is 7.90. The van der Waals surface area contributed by atoms with Crippen molar-refractivity contribution < 1.29 is 14.2 Å². The lowest BCUT2D eigenvalue weighted by Gasteiger charge is -2.20. The maximum Gasteiger partial charge on any atom is 0.231 e. The van der Waals surface area contributed by atoms with Crippen LogP contribution in [0.2, 0.25) is 0 Å². The summed E-state index contributed by atoms with van der Waals surface area (Å²) in [4.78, 5) is 0. The number of ether oxygens (including phenoxy) is 3. The molecule has 3 N–H and O–H groups in total. The highest BCUT2D eigenvalue weighted by Crippen LogP contribution is 2.36. The van der Waals surface area contributed by atoms with Gasteiger partial charge in [-0.05, 0) is 30.0 Å². The predicted molar refractivity (Wildman–Crippen MR) is 89.0 cm³/mol. The Balaban J connectivity index is 0.00000156. The highest BCUT2D eigenvalue weighted by atomic mass is 35.5. The zero-order chi connectivity index (χ0) is 14.8. The zero-order valence-electron chi connectivity index (χ0n) is 13.0. The van der Waals surface area contributed by atoms with E-state index in [-0.39, 0.29) is 12.4 Å². The molecule has 2 saturated heterocycles. The van der Waals surface area contributed by atoms with Crippen LogP contribution in [0.4, 0.5) is 0 Å². The van der Waals surface area contributed by atoms with Crippen LogP contribution in [0.25, 0.3) is 0 Å². The van der Waals surface area contributed by atoms with Crippen molar-refractivity contribution >= 4 is 12.4 Å². The normalized spacial score (nSPS) is 28.8. The second-order valence-electron chi connectivity index (χ2n) is 6.26. The summed E-state index contributed by atoms with van der Waals surface area (Å²) in [6.07, 6.45) is 1.18. The Morgan fingerprint density at radius 1 is 1.17 bits per heavy atom. The van der Waals surface area contributed by atoms with Gasteiger partial charge in [0.1, 0.15) is 0 Å². The number of halogens is 1. The van der Waals surface area contributed by atoms with E-state index < -0.39 is 0 Å². The first-order valence-electron chi connectivity index (χ1n) is 8.06. The average molecular weight is 342 g/mol. The molecule has 0 aliphatic carbocycles. The number of rotatable bonds is 5. The highest BCUT2D eigenvalue weighted by Gasteiger charge is 2.29. The molecule has 0 aromatic heterocycles. The Kier molecular flexibility index (Phi) is 5.61. The lowest BCUT2D eigenvalue weighted by Crippen LogP contribution is -2.32. The van der Waals surface area contributed by atoms with E-state index in [9.17, 15) is 0 Å². The highest BCUT2D eigenvalue weighted by molar-refractivity contribution is 5.85. The molecule has 2 fully saturated rings. The van der Waals surface area contributed by atoms with E-state index in [1.165, 1.54) is 12.0 Å². The quantitative estimate of drug-likeness (QED) is 0.748. The van der Waals surface area contributed by atoms with Crippen LogP contribution in [0.5, 0.6) is 11.5 Å². The van der Waals surface area contributed by atoms with E-state index in [1.54, 1.807) is 0 Å². The van der Waals surface area contributed by atoms with E-state index in [1.807, 2.05) is 6.07 Å². The number of hydrogen-bond acceptors (Lipinski definition) is 6. The van der Waals surface area contributed by atoms with Crippen molar-refractivity contribution in [2.24, 2.45) is 11.8 Å². The summed E-state index contributed by atoms with van der Waals surface area (Å²) >= 11 is 0. The molecule has 3 unspecified atom stereocenters. The lowest BCUT2D eigenvalue weighted by molar-refractivity contribution is 0.174. The number of fused-ring (bicyclic) bond motifs is 1. The van der Waals surface area contributed by atoms with Crippen LogP contribution in [-0.4, -0.2) is 39.6 Å². The van der Waals surface area contributed by atoms with Crippen molar-refractivity contribution in [2.45, 2.75) is 12.5 Å². The van der Waals surface area contributed by atoms with Crippen molar-refractivity contribution in [3.8, 4) is 11.5 Å². The van der Waals surface area contributed by atoms with Gasteiger partial charge in [-0.1, -0.05) is 6.07 Å². The van der Waals surface area contributed by atoms with Gasteiger partial charge in [-0.3, -0.25) is 5.43 Å². The summed E-state index contributed by atoms with van der Waals surface area (Å²) in [6.45, 7) is 5.15. The molecule has 7 heteroatoms. The first-order valence-corrected chi connectivity index (χ1v) is 8.06. The Hall–Kier alpha value is -1.05. The molecular weight excluding hydrogens is 318 g/mol. The van der Waals surface area contributed by atoms with Crippen molar-refractivity contribution in [3.05, 3.63) is 23.8 Å². The van der Waals surface area contributed by atoms with Gasteiger partial charge in [0.05, 0.1) is 12.6 Å². The van der Waals surface area contributed by atoms with Crippen LogP contribution in [-0.2, 0) is 4.74 Å². The molecule has 1 aromatic rings. The number of hydrogen-bond donors (Lipinski definition) is 3. The molecule has 0 radical (unpaired) electrons. The summed E-state index contributed by atoms with van der Waals surface area (Å²) in [5, 5.41) is 3.61. The minimum absolute atomic E-state index is 0. The van der Waals surface area contributed by atoms with E-state index in [2.05, 4.69) is 28.3 Å². The van der Waals surface area contributed by atoms with Crippen LogP contribution >= 0.6 is 12.4 Å². The number of nitrogens with one attached hydrogen (secondary N) is 3. The van der Waals surface area contributed by atoms with Gasteiger partial charge in [0, 0.05) is 32.2 Å². The van der Waals surface area contributed by atoms with Crippen LogP contribution in [0.15, 0.2) is 18.2 Å². The van der Waals surface area contributed by atoms with Gasteiger partial charge in [-0.2, -0.15) is 0 Å². The topological polar surface area (TPSA) is 63.8 Å². The van der Waals surface area contributed by atoms with Crippen LogP contribution in [0, 0.1) is 11.8 Å². The molecule has 128 valence electrons. The van der Waals surface area contributed by atoms with E-state index in [4.69, 9.17) is 14.2 Å². The molecule has 3 heterocycles. The maximum absolute atomic E-state index is 5.48. The summed E-state index contributed by atoms with van der Waals surface area (Å²) in [7, 11) is 0. The van der Waals surface area contributed by atoms with E-state index in [0.29, 0.717) is 24.7 Å². The zero-order valence-corrected chi connectivity index (χ0v) is 13.9. The van der Waals surface area contributed by atoms with Crippen LogP contribution in [0.3, 0.4) is 0 Å². The first-order chi connectivity index (χ1) is 10.9. The van der Waals surface area contributed by atoms with Crippen LogP contribution < -0.4 is 25.6 Å². The largest absolute Gasteiger partial charge is 0.454 e. The predicted octanol–water partition coefficient (Wildman–Crippen LogP) is 1.23. The van der Waals surface area contributed by atoms with Crippen molar-refractivity contribution in [1.29, 1.82) is 0 Å². The summed E-state index contributed by atoms with van der Waals surface area (Å²) in [5.74, 6) is 2.88. The third kappa shape index (κ3) is 3.72. The molecule has 3 aliphatic rings. The first kappa shape index (κ1) is 16.8. The molecular formula is C16H24ClN3O3. The lowest BCUT2D eigenvalue weighted by atomic mass is 9.94. The van der Waals surface area contributed by atoms with Gasteiger partial charge in [-0.15, -0.1) is 12.4 Å². The molecule has 3 atom stereocenters. The molecule has 0 saturated carbocycles. The smallest absolute Gasteiger partial charge is 0.231 e. The van der Waals surface area contributed by atoms with Crippen molar-refractivity contribution in [2.75, 3.05) is 39.6 Å². The standard InChI is InChI=1S/C16H23N3O3.ClH/c1-2-14-15(22-10-21-14)5-12(1)16-13(8-18-19-16)7-17-6-11-3-4-20-9-11;/h1-2,5,11,13,16-19H,3-4,6-10H2;1H. The van der Waals surface area contributed by atoms with Gasteiger partial charge in [0.2, 0.25) is 6.79 Å².